The third kappa shape index (κ3) is 2.20. The zero-order valence-electron chi connectivity index (χ0n) is 18.1. The number of benzene rings is 3. The quantitative estimate of drug-likeness (QED) is 0.270. The number of imidazole rings is 1. The summed E-state index contributed by atoms with van der Waals surface area (Å²) >= 11 is 0. The minimum Gasteiger partial charge on any atom is -0.309 e. The summed E-state index contributed by atoms with van der Waals surface area (Å²) in [5, 5.41) is 5.75. The Hall–Kier alpha value is -4.77. The van der Waals surface area contributed by atoms with Gasteiger partial charge in [0, 0.05) is 39.6 Å². The molecule has 0 aliphatic rings. The van der Waals surface area contributed by atoms with E-state index in [1.165, 1.54) is 21.8 Å². The Morgan fingerprint density at radius 3 is 2.18 bits per heavy atom. The number of nitrogens with zero attached hydrogens (tertiary/aromatic N) is 5. The Balaban J connectivity index is 1.67. The van der Waals surface area contributed by atoms with E-state index in [1.54, 1.807) is 0 Å². The molecule has 158 valence electrons. The normalized spacial score (nSPS) is 12.1. The van der Waals surface area contributed by atoms with Crippen LogP contribution in [-0.4, -0.2) is 23.9 Å². The molecule has 0 N–H and O–H groups in total. The molecule has 5 aromatic heterocycles. The van der Waals surface area contributed by atoms with Gasteiger partial charge in [0.25, 0.3) is 0 Å². The summed E-state index contributed by atoms with van der Waals surface area (Å²) in [6.07, 6.45) is 3.65. The van der Waals surface area contributed by atoms with Crippen LogP contribution in [0.5, 0.6) is 0 Å². The zero-order chi connectivity index (χ0) is 22.2. The molecule has 0 spiro atoms. The van der Waals surface area contributed by atoms with E-state index in [-0.39, 0.29) is 0 Å². The van der Waals surface area contributed by atoms with Crippen molar-refractivity contribution in [3.63, 3.8) is 0 Å². The summed E-state index contributed by atoms with van der Waals surface area (Å²) in [7, 11) is 0. The molecule has 0 saturated heterocycles. The maximum absolute atomic E-state index is 5.00. The number of hydrogen-bond donors (Lipinski definition) is 0. The number of fused-ring (bicyclic) bond motifs is 11. The van der Waals surface area contributed by atoms with Gasteiger partial charge in [0.2, 0.25) is 0 Å². The first-order valence-electron chi connectivity index (χ1n) is 11.3. The van der Waals surface area contributed by atoms with Gasteiger partial charge in [-0.2, -0.15) is 0 Å². The van der Waals surface area contributed by atoms with E-state index in [4.69, 9.17) is 9.97 Å². The topological polar surface area (TPSA) is 48.0 Å². The first kappa shape index (κ1) is 17.7. The van der Waals surface area contributed by atoms with E-state index in [0.717, 1.165) is 44.3 Å². The van der Waals surface area contributed by atoms with Crippen LogP contribution in [0, 0.1) is 0 Å². The molecule has 34 heavy (non-hydrogen) atoms. The zero-order valence-corrected chi connectivity index (χ0v) is 18.1. The van der Waals surface area contributed by atoms with Crippen molar-refractivity contribution >= 4 is 60.4 Å². The fourth-order valence-corrected chi connectivity index (χ4v) is 5.36. The van der Waals surface area contributed by atoms with Gasteiger partial charge in [-0.3, -0.25) is 4.40 Å². The molecule has 5 heterocycles. The molecule has 0 unspecified atom stereocenters. The Kier molecular flexibility index (Phi) is 3.34. The van der Waals surface area contributed by atoms with Gasteiger partial charge in [0.15, 0.2) is 5.65 Å². The first-order chi connectivity index (χ1) is 16.9. The lowest BCUT2D eigenvalue weighted by molar-refractivity contribution is 1.18. The van der Waals surface area contributed by atoms with Crippen LogP contribution in [0.4, 0.5) is 0 Å². The predicted molar refractivity (Wildman–Crippen MR) is 138 cm³/mol. The van der Waals surface area contributed by atoms with Crippen molar-refractivity contribution in [2.45, 2.75) is 0 Å². The molecule has 3 aromatic carbocycles. The molecule has 0 fully saturated rings. The van der Waals surface area contributed by atoms with Crippen molar-refractivity contribution in [2.75, 3.05) is 0 Å². The van der Waals surface area contributed by atoms with Gasteiger partial charge in [-0.1, -0.05) is 36.4 Å². The van der Waals surface area contributed by atoms with Gasteiger partial charge in [-0.15, -0.1) is 0 Å². The van der Waals surface area contributed by atoms with Crippen LogP contribution in [-0.2, 0) is 0 Å². The molecule has 0 aliphatic heterocycles. The van der Waals surface area contributed by atoms with E-state index in [1.807, 2.05) is 30.6 Å². The molecule has 0 atom stereocenters. The second kappa shape index (κ2) is 6.39. The fourth-order valence-electron chi connectivity index (χ4n) is 5.36. The lowest BCUT2D eigenvalue weighted by Crippen LogP contribution is -1.96. The molecule has 0 aliphatic carbocycles. The first-order valence-corrected chi connectivity index (χ1v) is 11.3. The summed E-state index contributed by atoms with van der Waals surface area (Å²) in [4.78, 5) is 14.4. The molecule has 0 bridgehead atoms. The minimum absolute atomic E-state index is 0.829. The lowest BCUT2D eigenvalue weighted by Gasteiger charge is -2.10. The largest absolute Gasteiger partial charge is 0.309 e. The van der Waals surface area contributed by atoms with Crippen molar-refractivity contribution in [2.24, 2.45) is 0 Å². The van der Waals surface area contributed by atoms with Crippen LogP contribution in [0.15, 0.2) is 103 Å². The molecule has 0 amide bonds. The highest BCUT2D eigenvalue weighted by molar-refractivity contribution is 6.21. The molecule has 8 aromatic rings. The molecular formula is C29H17N5. The number of aromatic nitrogens is 5. The molecule has 8 rings (SSSR count). The van der Waals surface area contributed by atoms with Crippen LogP contribution >= 0.6 is 0 Å². The lowest BCUT2D eigenvalue weighted by atomic mass is 10.0. The maximum atomic E-state index is 5.00. The van der Waals surface area contributed by atoms with Crippen LogP contribution in [0.3, 0.4) is 0 Å². The maximum Gasteiger partial charge on any atom is 0.166 e. The monoisotopic (exact) mass is 435 g/mol. The van der Waals surface area contributed by atoms with Gasteiger partial charge in [-0.05, 0) is 60.0 Å². The van der Waals surface area contributed by atoms with Crippen LogP contribution < -0.4 is 0 Å². The predicted octanol–water partition coefficient (Wildman–Crippen LogP) is 6.68. The van der Waals surface area contributed by atoms with E-state index in [0.29, 0.717) is 0 Å². The van der Waals surface area contributed by atoms with Gasteiger partial charge in [-0.25, -0.2) is 15.0 Å². The van der Waals surface area contributed by atoms with E-state index >= 15 is 0 Å². The van der Waals surface area contributed by atoms with E-state index in [9.17, 15) is 0 Å². The van der Waals surface area contributed by atoms with Crippen molar-refractivity contribution in [3.05, 3.63) is 103 Å². The highest BCUT2D eigenvalue weighted by Gasteiger charge is 2.19. The van der Waals surface area contributed by atoms with Gasteiger partial charge in [0.05, 0.1) is 11.0 Å². The second-order valence-corrected chi connectivity index (χ2v) is 8.59. The van der Waals surface area contributed by atoms with Crippen molar-refractivity contribution < 1.29 is 0 Å². The van der Waals surface area contributed by atoms with Crippen molar-refractivity contribution in [1.29, 1.82) is 0 Å². The van der Waals surface area contributed by atoms with Gasteiger partial charge >= 0.3 is 0 Å². The smallest absolute Gasteiger partial charge is 0.166 e. The van der Waals surface area contributed by atoms with Gasteiger partial charge in [0.1, 0.15) is 16.8 Å². The second-order valence-electron chi connectivity index (χ2n) is 8.59. The summed E-state index contributed by atoms with van der Waals surface area (Å²) < 4.78 is 4.44. The number of pyridine rings is 3. The fraction of sp³-hybridized carbons (Fsp3) is 0. The average molecular weight is 435 g/mol. The Labute approximate surface area is 193 Å². The third-order valence-electron chi connectivity index (χ3n) is 6.77. The number of para-hydroxylation sites is 2. The van der Waals surface area contributed by atoms with Crippen LogP contribution in [0.25, 0.3) is 66.1 Å². The van der Waals surface area contributed by atoms with E-state index in [2.05, 4.69) is 86.7 Å². The third-order valence-corrected chi connectivity index (χ3v) is 6.77. The molecule has 0 radical (unpaired) electrons. The average Bonchev–Trinajstić information content (AvgIpc) is 3.44. The number of hydrogen-bond acceptors (Lipinski definition) is 3. The summed E-state index contributed by atoms with van der Waals surface area (Å²) in [5.41, 5.74) is 6.95. The summed E-state index contributed by atoms with van der Waals surface area (Å²) in [6, 6.07) is 31.8. The SMILES string of the molecule is c1ccc(-n2c3ccccc3c3cc4c(cc32)c2cccnc2n2c3ncccc3nc42)cc1. The van der Waals surface area contributed by atoms with Crippen LogP contribution in [0.1, 0.15) is 0 Å². The Bertz CT molecular complexity index is 2070. The Morgan fingerprint density at radius 2 is 1.26 bits per heavy atom. The van der Waals surface area contributed by atoms with Crippen LogP contribution in [0.2, 0.25) is 0 Å². The van der Waals surface area contributed by atoms with Crippen molar-refractivity contribution in [1.82, 2.24) is 23.9 Å². The molecule has 5 nitrogen and oxygen atoms in total. The number of rotatable bonds is 1. The molecule has 5 heteroatoms. The minimum atomic E-state index is 0.829. The summed E-state index contributed by atoms with van der Waals surface area (Å²) in [6.45, 7) is 0. The van der Waals surface area contributed by atoms with Gasteiger partial charge < -0.3 is 4.57 Å². The highest BCUT2D eigenvalue weighted by atomic mass is 15.1. The molecular weight excluding hydrogens is 418 g/mol. The summed E-state index contributed by atoms with van der Waals surface area (Å²) in [5.74, 6) is 0. The van der Waals surface area contributed by atoms with E-state index < -0.39 is 0 Å². The standard InChI is InChI=1S/C29H17N5/c1-2-8-18(9-3-1)33-25-13-5-4-10-19(25)22-16-23-21(17-26(22)33)20-11-6-14-30-27(20)34-28(23)32-24-12-7-15-31-29(24)34/h1-17H. The Morgan fingerprint density at radius 1 is 0.500 bits per heavy atom. The molecule has 0 saturated carbocycles. The highest BCUT2D eigenvalue weighted by Crippen LogP contribution is 2.38. The van der Waals surface area contributed by atoms with Crippen molar-refractivity contribution in [3.8, 4) is 5.69 Å².